The molecule has 6 nitrogen and oxygen atoms in total. The molecule has 1 aliphatic heterocycles. The highest BCUT2D eigenvalue weighted by molar-refractivity contribution is 5.49. The van der Waals surface area contributed by atoms with E-state index in [1.165, 1.54) is 5.69 Å². The molecule has 6 heteroatoms. The molecule has 2 aromatic rings. The number of nitrogens with zero attached hydrogens (tertiary/aromatic N) is 5. The van der Waals surface area contributed by atoms with E-state index in [0.717, 1.165) is 45.0 Å². The fraction of sp³-hybridized carbons (Fsp3) is 0.467. The van der Waals surface area contributed by atoms with Crippen molar-refractivity contribution < 1.29 is 4.74 Å². The van der Waals surface area contributed by atoms with Crippen molar-refractivity contribution in [2.45, 2.75) is 6.54 Å². The zero-order valence-corrected chi connectivity index (χ0v) is 12.4. The Balaban J connectivity index is 1.47. The topological polar surface area (TPSA) is 46.4 Å². The molecular formula is C15H21N5O. The summed E-state index contributed by atoms with van der Waals surface area (Å²) in [6.45, 7) is 6.22. The third kappa shape index (κ3) is 3.52. The normalized spacial score (nSPS) is 16.1. The molecule has 21 heavy (non-hydrogen) atoms. The quantitative estimate of drug-likeness (QED) is 0.824. The monoisotopic (exact) mass is 287 g/mol. The largest absolute Gasteiger partial charge is 0.497 e. The lowest BCUT2D eigenvalue weighted by atomic mass is 10.2. The van der Waals surface area contributed by atoms with E-state index in [2.05, 4.69) is 32.0 Å². The molecule has 3 rings (SSSR count). The average Bonchev–Trinajstić information content (AvgIpc) is 3.07. The molecule has 0 aliphatic carbocycles. The number of aromatic nitrogens is 3. The maximum Gasteiger partial charge on any atom is 0.137 e. The standard InChI is InChI=1S/C15H21N5O/c1-21-15-4-2-14(3-5-15)19-9-6-18(7-10-19)8-11-20-13-16-12-17-20/h2-5,12-13H,6-11H2,1H3. The van der Waals surface area contributed by atoms with Crippen LogP contribution in [0.4, 0.5) is 5.69 Å². The molecule has 0 unspecified atom stereocenters. The molecule has 1 aromatic carbocycles. The van der Waals surface area contributed by atoms with Gasteiger partial charge in [-0.25, -0.2) is 4.98 Å². The average molecular weight is 287 g/mol. The summed E-state index contributed by atoms with van der Waals surface area (Å²) in [6.07, 6.45) is 3.36. The smallest absolute Gasteiger partial charge is 0.137 e. The first-order valence-electron chi connectivity index (χ1n) is 7.29. The second-order valence-corrected chi connectivity index (χ2v) is 5.19. The van der Waals surface area contributed by atoms with Crippen LogP contribution in [0, 0.1) is 0 Å². The van der Waals surface area contributed by atoms with Gasteiger partial charge in [-0.2, -0.15) is 5.10 Å². The van der Waals surface area contributed by atoms with Gasteiger partial charge in [0.1, 0.15) is 18.4 Å². The predicted octanol–water partition coefficient (Wildman–Crippen LogP) is 1.11. The highest BCUT2D eigenvalue weighted by Gasteiger charge is 2.16. The lowest BCUT2D eigenvalue weighted by Gasteiger charge is -2.36. The van der Waals surface area contributed by atoms with E-state index < -0.39 is 0 Å². The number of benzene rings is 1. The van der Waals surface area contributed by atoms with Crippen molar-refractivity contribution in [3.05, 3.63) is 36.9 Å². The first kappa shape index (κ1) is 13.9. The summed E-state index contributed by atoms with van der Waals surface area (Å²) in [4.78, 5) is 8.86. The van der Waals surface area contributed by atoms with Gasteiger partial charge in [0.2, 0.25) is 0 Å². The van der Waals surface area contributed by atoms with E-state index in [9.17, 15) is 0 Å². The molecule has 0 radical (unpaired) electrons. The van der Waals surface area contributed by atoms with Crippen molar-refractivity contribution in [2.24, 2.45) is 0 Å². The van der Waals surface area contributed by atoms with Gasteiger partial charge in [-0.15, -0.1) is 0 Å². The summed E-state index contributed by atoms with van der Waals surface area (Å²) >= 11 is 0. The van der Waals surface area contributed by atoms with Crippen LogP contribution in [0.3, 0.4) is 0 Å². The molecule has 1 fully saturated rings. The van der Waals surface area contributed by atoms with Crippen LogP contribution >= 0.6 is 0 Å². The summed E-state index contributed by atoms with van der Waals surface area (Å²) in [7, 11) is 1.70. The third-order valence-electron chi connectivity index (χ3n) is 3.92. The van der Waals surface area contributed by atoms with Gasteiger partial charge in [0.25, 0.3) is 0 Å². The number of methoxy groups -OCH3 is 1. The number of piperazine rings is 1. The molecule has 0 spiro atoms. The van der Waals surface area contributed by atoms with Crippen LogP contribution in [0.5, 0.6) is 5.75 Å². The number of anilines is 1. The van der Waals surface area contributed by atoms with Crippen molar-refractivity contribution >= 4 is 5.69 Å². The second kappa shape index (κ2) is 6.58. The van der Waals surface area contributed by atoms with Gasteiger partial charge in [-0.3, -0.25) is 9.58 Å². The maximum absolute atomic E-state index is 5.20. The van der Waals surface area contributed by atoms with E-state index >= 15 is 0 Å². The number of hydrogen-bond donors (Lipinski definition) is 0. The molecule has 0 N–H and O–H groups in total. The van der Waals surface area contributed by atoms with Crippen molar-refractivity contribution in [3.63, 3.8) is 0 Å². The molecule has 2 heterocycles. The van der Waals surface area contributed by atoms with E-state index in [1.807, 2.05) is 16.8 Å². The number of ether oxygens (including phenoxy) is 1. The van der Waals surface area contributed by atoms with Gasteiger partial charge < -0.3 is 9.64 Å². The van der Waals surface area contributed by atoms with Crippen LogP contribution in [-0.4, -0.2) is 59.5 Å². The van der Waals surface area contributed by atoms with Crippen molar-refractivity contribution in [2.75, 3.05) is 44.7 Å². The van der Waals surface area contributed by atoms with Crippen molar-refractivity contribution in [3.8, 4) is 5.75 Å². The van der Waals surface area contributed by atoms with Crippen molar-refractivity contribution in [1.29, 1.82) is 0 Å². The van der Waals surface area contributed by atoms with E-state index in [0.29, 0.717) is 0 Å². The zero-order valence-electron chi connectivity index (χ0n) is 12.4. The summed E-state index contributed by atoms with van der Waals surface area (Å²) in [5.41, 5.74) is 1.27. The van der Waals surface area contributed by atoms with Gasteiger partial charge in [0.15, 0.2) is 0 Å². The summed E-state index contributed by atoms with van der Waals surface area (Å²) in [6, 6.07) is 8.30. The SMILES string of the molecule is COc1ccc(N2CCN(CCn3cncn3)CC2)cc1. The van der Waals surface area contributed by atoms with E-state index in [-0.39, 0.29) is 0 Å². The predicted molar refractivity (Wildman–Crippen MR) is 81.7 cm³/mol. The Bertz CT molecular complexity index is 532. The van der Waals surface area contributed by atoms with Crippen LogP contribution in [0.15, 0.2) is 36.9 Å². The van der Waals surface area contributed by atoms with Crippen LogP contribution in [-0.2, 0) is 6.54 Å². The first-order chi connectivity index (χ1) is 10.3. The highest BCUT2D eigenvalue weighted by atomic mass is 16.5. The zero-order chi connectivity index (χ0) is 14.5. The molecule has 1 saturated heterocycles. The van der Waals surface area contributed by atoms with E-state index in [1.54, 1.807) is 19.8 Å². The minimum Gasteiger partial charge on any atom is -0.497 e. The van der Waals surface area contributed by atoms with Crippen LogP contribution in [0.25, 0.3) is 0 Å². The Hall–Kier alpha value is -2.08. The molecular weight excluding hydrogens is 266 g/mol. The second-order valence-electron chi connectivity index (χ2n) is 5.19. The summed E-state index contributed by atoms with van der Waals surface area (Å²) < 4.78 is 7.09. The summed E-state index contributed by atoms with van der Waals surface area (Å²) in [5, 5.41) is 4.14. The molecule has 0 atom stereocenters. The Morgan fingerprint density at radius 1 is 1.05 bits per heavy atom. The van der Waals surface area contributed by atoms with Crippen LogP contribution in [0.2, 0.25) is 0 Å². The molecule has 1 aliphatic rings. The molecule has 1 aromatic heterocycles. The number of hydrogen-bond acceptors (Lipinski definition) is 5. The first-order valence-corrected chi connectivity index (χ1v) is 7.29. The number of rotatable bonds is 5. The third-order valence-corrected chi connectivity index (χ3v) is 3.92. The molecule has 112 valence electrons. The van der Waals surface area contributed by atoms with E-state index in [4.69, 9.17) is 4.74 Å². The van der Waals surface area contributed by atoms with Gasteiger partial charge in [-0.05, 0) is 24.3 Å². The Kier molecular flexibility index (Phi) is 4.35. The fourth-order valence-corrected chi connectivity index (χ4v) is 2.61. The van der Waals surface area contributed by atoms with Crippen LogP contribution in [0.1, 0.15) is 0 Å². The van der Waals surface area contributed by atoms with Gasteiger partial charge in [-0.1, -0.05) is 0 Å². The molecule has 0 amide bonds. The van der Waals surface area contributed by atoms with Gasteiger partial charge >= 0.3 is 0 Å². The van der Waals surface area contributed by atoms with Gasteiger partial charge in [0, 0.05) is 38.4 Å². The van der Waals surface area contributed by atoms with Gasteiger partial charge in [0.05, 0.1) is 13.7 Å². The minimum atomic E-state index is 0.905. The van der Waals surface area contributed by atoms with Crippen molar-refractivity contribution in [1.82, 2.24) is 19.7 Å². The molecule has 0 bridgehead atoms. The Morgan fingerprint density at radius 3 is 2.43 bits per heavy atom. The lowest BCUT2D eigenvalue weighted by Crippen LogP contribution is -2.47. The fourth-order valence-electron chi connectivity index (χ4n) is 2.61. The molecule has 0 saturated carbocycles. The Labute approximate surface area is 124 Å². The minimum absolute atomic E-state index is 0.905. The highest BCUT2D eigenvalue weighted by Crippen LogP contribution is 2.20. The maximum atomic E-state index is 5.20. The lowest BCUT2D eigenvalue weighted by molar-refractivity contribution is 0.244. The van der Waals surface area contributed by atoms with Crippen LogP contribution < -0.4 is 9.64 Å². The summed E-state index contributed by atoms with van der Waals surface area (Å²) in [5.74, 6) is 0.908. The Morgan fingerprint density at radius 2 is 1.81 bits per heavy atom.